The fourth-order valence-electron chi connectivity index (χ4n) is 2.20. The predicted molar refractivity (Wildman–Crippen MR) is 66.2 cm³/mol. The van der Waals surface area contributed by atoms with Crippen LogP contribution in [0.4, 0.5) is 4.39 Å². The molecular weight excluding hydrogens is 217 g/mol. The van der Waals surface area contributed by atoms with Gasteiger partial charge < -0.3 is 10.1 Å². The Morgan fingerprint density at radius 3 is 2.82 bits per heavy atom. The van der Waals surface area contributed by atoms with Crippen LogP contribution >= 0.6 is 0 Å². The maximum atomic E-state index is 13.9. The molecule has 0 aromatic heterocycles. The predicted octanol–water partition coefficient (Wildman–Crippen LogP) is 3.09. The maximum absolute atomic E-state index is 13.9. The van der Waals surface area contributed by atoms with Gasteiger partial charge >= 0.3 is 0 Å². The monoisotopic (exact) mass is 235 g/mol. The molecule has 1 unspecified atom stereocenters. The highest BCUT2D eigenvalue weighted by Gasteiger charge is 2.20. The number of ether oxygens (including phenoxy) is 1. The first kappa shape index (κ1) is 12.1. The lowest BCUT2D eigenvalue weighted by Gasteiger charge is -2.23. The number of nitrogens with one attached hydrogen (secondary N) is 1. The van der Waals surface area contributed by atoms with Crippen LogP contribution < -0.4 is 5.32 Å². The number of aryl methyl sites for hydroxylation is 1. The Labute approximate surface area is 101 Å². The van der Waals surface area contributed by atoms with Crippen molar-refractivity contribution in [1.29, 1.82) is 0 Å². The van der Waals surface area contributed by atoms with E-state index in [4.69, 9.17) is 4.74 Å². The molecule has 2 rings (SSSR count). The zero-order chi connectivity index (χ0) is 12.3. The third-order valence-electron chi connectivity index (χ3n) is 3.09. The quantitative estimate of drug-likeness (QED) is 0.869. The second-order valence-electron chi connectivity index (χ2n) is 4.41. The van der Waals surface area contributed by atoms with E-state index >= 15 is 0 Å². The van der Waals surface area contributed by atoms with Crippen LogP contribution in [0.5, 0.6) is 0 Å². The number of benzene rings is 1. The van der Waals surface area contributed by atoms with Crippen LogP contribution in [0.15, 0.2) is 30.0 Å². The van der Waals surface area contributed by atoms with Crippen molar-refractivity contribution in [2.24, 2.45) is 0 Å². The molecule has 0 fully saturated rings. The molecule has 0 spiro atoms. The summed E-state index contributed by atoms with van der Waals surface area (Å²) < 4.78 is 19.3. The normalized spacial score (nSPS) is 17.2. The molecule has 1 aliphatic heterocycles. The standard InChI is InChI=1S/C14H18FNO/c1-10-5-6-12(13(15)8-10)14(16-2)11-4-3-7-17-9-11/h5-6,8-9,14,16H,3-4,7H2,1-2H3. The zero-order valence-corrected chi connectivity index (χ0v) is 10.3. The van der Waals surface area contributed by atoms with Gasteiger partial charge in [-0.1, -0.05) is 12.1 Å². The Morgan fingerprint density at radius 1 is 1.41 bits per heavy atom. The Bertz CT molecular complexity index is 428. The lowest BCUT2D eigenvalue weighted by atomic mass is 9.94. The van der Waals surface area contributed by atoms with Crippen molar-refractivity contribution in [2.45, 2.75) is 25.8 Å². The smallest absolute Gasteiger partial charge is 0.128 e. The third-order valence-corrected chi connectivity index (χ3v) is 3.09. The van der Waals surface area contributed by atoms with E-state index in [9.17, 15) is 4.39 Å². The molecule has 0 aliphatic carbocycles. The third kappa shape index (κ3) is 2.67. The van der Waals surface area contributed by atoms with E-state index in [1.807, 2.05) is 26.1 Å². The van der Waals surface area contributed by atoms with Gasteiger partial charge in [0.1, 0.15) is 5.82 Å². The number of likely N-dealkylation sites (N-methyl/N-ethyl adjacent to an activating group) is 1. The first-order valence-corrected chi connectivity index (χ1v) is 5.96. The molecule has 1 aromatic carbocycles. The minimum Gasteiger partial charge on any atom is -0.501 e. The highest BCUT2D eigenvalue weighted by atomic mass is 19.1. The molecule has 0 saturated carbocycles. The molecule has 1 heterocycles. The summed E-state index contributed by atoms with van der Waals surface area (Å²) in [7, 11) is 1.85. The summed E-state index contributed by atoms with van der Waals surface area (Å²) in [5.41, 5.74) is 2.74. The van der Waals surface area contributed by atoms with Gasteiger partial charge in [0.15, 0.2) is 0 Å². The molecule has 0 bridgehead atoms. The van der Waals surface area contributed by atoms with Crippen molar-refractivity contribution in [3.8, 4) is 0 Å². The first-order valence-electron chi connectivity index (χ1n) is 5.96. The molecule has 0 amide bonds. The van der Waals surface area contributed by atoms with Gasteiger partial charge in [-0.3, -0.25) is 0 Å². The van der Waals surface area contributed by atoms with E-state index in [0.717, 1.165) is 30.6 Å². The van der Waals surface area contributed by atoms with E-state index < -0.39 is 0 Å². The Balaban J connectivity index is 2.31. The van der Waals surface area contributed by atoms with Crippen molar-refractivity contribution in [3.63, 3.8) is 0 Å². The van der Waals surface area contributed by atoms with Gasteiger partial charge in [0.2, 0.25) is 0 Å². The molecule has 1 aromatic rings. The minimum absolute atomic E-state index is 0.0871. The lowest BCUT2D eigenvalue weighted by Crippen LogP contribution is -2.22. The van der Waals surface area contributed by atoms with Gasteiger partial charge in [-0.05, 0) is 44.0 Å². The van der Waals surface area contributed by atoms with Gasteiger partial charge in [-0.25, -0.2) is 4.39 Å². The summed E-state index contributed by atoms with van der Waals surface area (Å²) in [4.78, 5) is 0. The van der Waals surface area contributed by atoms with Gasteiger partial charge in [0.05, 0.1) is 18.9 Å². The van der Waals surface area contributed by atoms with Gasteiger partial charge in [0.25, 0.3) is 0 Å². The number of halogens is 1. The van der Waals surface area contributed by atoms with Crippen LogP contribution in [0.2, 0.25) is 0 Å². The second-order valence-corrected chi connectivity index (χ2v) is 4.41. The Hall–Kier alpha value is -1.35. The average Bonchev–Trinajstić information content (AvgIpc) is 2.34. The molecule has 2 nitrogen and oxygen atoms in total. The highest BCUT2D eigenvalue weighted by Crippen LogP contribution is 2.29. The highest BCUT2D eigenvalue weighted by molar-refractivity contribution is 5.32. The van der Waals surface area contributed by atoms with Crippen LogP contribution in [-0.4, -0.2) is 13.7 Å². The second kappa shape index (κ2) is 5.32. The average molecular weight is 235 g/mol. The lowest BCUT2D eigenvalue weighted by molar-refractivity contribution is 0.219. The van der Waals surface area contributed by atoms with Crippen molar-refractivity contribution in [1.82, 2.24) is 5.32 Å². The van der Waals surface area contributed by atoms with Crippen LogP contribution in [0, 0.1) is 12.7 Å². The van der Waals surface area contributed by atoms with Crippen molar-refractivity contribution in [2.75, 3.05) is 13.7 Å². The van der Waals surface area contributed by atoms with Crippen molar-refractivity contribution >= 4 is 0 Å². The molecular formula is C14H18FNO. The van der Waals surface area contributed by atoms with E-state index in [1.165, 1.54) is 0 Å². The van der Waals surface area contributed by atoms with Gasteiger partial charge in [-0.2, -0.15) is 0 Å². The molecule has 1 N–H and O–H groups in total. The van der Waals surface area contributed by atoms with Crippen molar-refractivity contribution in [3.05, 3.63) is 47.0 Å². The largest absolute Gasteiger partial charge is 0.501 e. The number of rotatable bonds is 3. The SMILES string of the molecule is CNC(C1=COCCC1)c1ccc(C)cc1F. The summed E-state index contributed by atoms with van der Waals surface area (Å²) in [6, 6.07) is 5.27. The molecule has 1 aliphatic rings. The maximum Gasteiger partial charge on any atom is 0.128 e. The molecule has 92 valence electrons. The molecule has 0 radical (unpaired) electrons. The minimum atomic E-state index is -0.157. The summed E-state index contributed by atoms with van der Waals surface area (Å²) in [5.74, 6) is -0.157. The Kier molecular flexibility index (Phi) is 3.79. The Morgan fingerprint density at radius 2 is 2.24 bits per heavy atom. The number of hydrogen-bond donors (Lipinski definition) is 1. The molecule has 1 atom stereocenters. The summed E-state index contributed by atoms with van der Waals surface area (Å²) >= 11 is 0. The first-order chi connectivity index (χ1) is 8.22. The topological polar surface area (TPSA) is 21.3 Å². The summed E-state index contributed by atoms with van der Waals surface area (Å²) in [5, 5.41) is 3.16. The fourth-order valence-corrected chi connectivity index (χ4v) is 2.20. The summed E-state index contributed by atoms with van der Waals surface area (Å²) in [6.07, 6.45) is 3.72. The van der Waals surface area contributed by atoms with Gasteiger partial charge in [-0.15, -0.1) is 0 Å². The van der Waals surface area contributed by atoms with Crippen LogP contribution in [0.3, 0.4) is 0 Å². The van der Waals surface area contributed by atoms with Crippen LogP contribution in [0.1, 0.15) is 30.0 Å². The van der Waals surface area contributed by atoms with Crippen LogP contribution in [0.25, 0.3) is 0 Å². The van der Waals surface area contributed by atoms with Crippen LogP contribution in [-0.2, 0) is 4.74 Å². The van der Waals surface area contributed by atoms with Crippen molar-refractivity contribution < 1.29 is 9.13 Å². The van der Waals surface area contributed by atoms with E-state index in [0.29, 0.717) is 5.56 Å². The van der Waals surface area contributed by atoms with E-state index in [-0.39, 0.29) is 11.9 Å². The van der Waals surface area contributed by atoms with Gasteiger partial charge in [0, 0.05) is 5.56 Å². The van der Waals surface area contributed by atoms with E-state index in [2.05, 4.69) is 5.32 Å². The van der Waals surface area contributed by atoms with E-state index in [1.54, 1.807) is 12.3 Å². The zero-order valence-electron chi connectivity index (χ0n) is 10.3. The molecule has 3 heteroatoms. The number of hydrogen-bond acceptors (Lipinski definition) is 2. The molecule has 0 saturated heterocycles. The fraction of sp³-hybridized carbons (Fsp3) is 0.429. The molecule has 17 heavy (non-hydrogen) atoms. The summed E-state index contributed by atoms with van der Waals surface area (Å²) in [6.45, 7) is 2.65.